The van der Waals surface area contributed by atoms with Gasteiger partial charge in [-0.3, -0.25) is 4.79 Å². The van der Waals surface area contributed by atoms with Gasteiger partial charge in [-0.2, -0.15) is 4.72 Å². The molecule has 1 aromatic rings. The molecule has 7 nitrogen and oxygen atoms in total. The Hall–Kier alpha value is -1.80. The highest BCUT2D eigenvalue weighted by atomic mass is 32.2. The molecule has 1 unspecified atom stereocenters. The quantitative estimate of drug-likeness (QED) is 0.837. The lowest BCUT2D eigenvalue weighted by molar-refractivity contribution is -0.123. The second kappa shape index (κ2) is 7.21. The summed E-state index contributed by atoms with van der Waals surface area (Å²) in [5.74, 6) is 0.525. The molecule has 0 aromatic heterocycles. The highest BCUT2D eigenvalue weighted by molar-refractivity contribution is 7.89. The number of sulfonamides is 1. The third kappa shape index (κ3) is 3.74. The zero-order chi connectivity index (χ0) is 18.0. The highest BCUT2D eigenvalue weighted by Gasteiger charge is 2.35. The van der Waals surface area contributed by atoms with Crippen LogP contribution in [0.15, 0.2) is 17.0 Å². The lowest BCUT2D eigenvalue weighted by Gasteiger charge is -2.29. The molecule has 1 atom stereocenters. The van der Waals surface area contributed by atoms with Crippen molar-refractivity contribution in [2.24, 2.45) is 0 Å². The summed E-state index contributed by atoms with van der Waals surface area (Å²) in [6.07, 6.45) is 5.58. The molecule has 0 bridgehead atoms. The number of hydrogen-bond acceptors (Lipinski definition) is 5. The van der Waals surface area contributed by atoms with Gasteiger partial charge in [-0.25, -0.2) is 8.42 Å². The van der Waals surface area contributed by atoms with Gasteiger partial charge in [0.15, 0.2) is 11.5 Å². The maximum Gasteiger partial charge on any atom is 0.241 e. The fourth-order valence-corrected chi connectivity index (χ4v) is 4.96. The number of ether oxygens (including phenoxy) is 2. The third-order valence-corrected chi connectivity index (χ3v) is 6.40. The Labute approximate surface area is 148 Å². The van der Waals surface area contributed by atoms with Crippen LogP contribution in [0.1, 0.15) is 37.7 Å². The van der Waals surface area contributed by atoms with E-state index in [2.05, 4.69) is 10.0 Å². The molecule has 2 N–H and O–H groups in total. The van der Waals surface area contributed by atoms with Crippen molar-refractivity contribution >= 4 is 15.9 Å². The third-order valence-electron chi connectivity index (χ3n) is 4.85. The minimum Gasteiger partial charge on any atom is -0.493 e. The number of rotatable bonds is 4. The molecule has 1 amide bonds. The monoisotopic (exact) mass is 368 g/mol. The van der Waals surface area contributed by atoms with Crippen LogP contribution in [0, 0.1) is 0 Å². The first kappa shape index (κ1) is 18.0. The average molecular weight is 368 g/mol. The summed E-state index contributed by atoms with van der Waals surface area (Å²) in [6.45, 7) is 0. The number of benzene rings is 1. The lowest BCUT2D eigenvalue weighted by Crippen LogP contribution is -2.53. The zero-order valence-electron chi connectivity index (χ0n) is 14.5. The second-order valence-electron chi connectivity index (χ2n) is 6.54. The molecular formula is C17H24N2O5S. The first-order valence-corrected chi connectivity index (χ1v) is 10.0. The molecule has 0 radical (unpaired) electrons. The number of nitrogens with one attached hydrogen (secondary N) is 2. The van der Waals surface area contributed by atoms with Crippen molar-refractivity contribution in [1.82, 2.24) is 10.0 Å². The number of carbonyl (C=O) groups is 1. The summed E-state index contributed by atoms with van der Waals surface area (Å²) in [5.41, 5.74) is 0.556. The Kier molecular flexibility index (Phi) is 5.19. The van der Waals surface area contributed by atoms with Crippen LogP contribution in [0.3, 0.4) is 0 Å². The SMILES string of the molecule is COc1cc2c(cc1OC)S(=O)(=O)NC(C(=O)NC1CCCCC1)C2. The van der Waals surface area contributed by atoms with Gasteiger partial charge in [-0.1, -0.05) is 19.3 Å². The van der Waals surface area contributed by atoms with E-state index in [-0.39, 0.29) is 23.3 Å². The maximum atomic E-state index is 12.6. The number of fused-ring (bicyclic) bond motifs is 1. The van der Waals surface area contributed by atoms with E-state index in [1.165, 1.54) is 26.7 Å². The van der Waals surface area contributed by atoms with Crippen molar-refractivity contribution in [2.75, 3.05) is 14.2 Å². The molecule has 1 heterocycles. The summed E-state index contributed by atoms with van der Waals surface area (Å²) in [5, 5.41) is 2.99. The Morgan fingerprint density at radius 3 is 2.40 bits per heavy atom. The molecule has 25 heavy (non-hydrogen) atoms. The molecule has 1 aromatic carbocycles. The number of methoxy groups -OCH3 is 2. The van der Waals surface area contributed by atoms with Gasteiger partial charge >= 0.3 is 0 Å². The Morgan fingerprint density at radius 1 is 1.12 bits per heavy atom. The van der Waals surface area contributed by atoms with Gasteiger partial charge in [0, 0.05) is 12.1 Å². The van der Waals surface area contributed by atoms with Gasteiger partial charge in [-0.05, 0) is 30.9 Å². The van der Waals surface area contributed by atoms with E-state index in [1.807, 2.05) is 0 Å². The minimum atomic E-state index is -3.78. The maximum absolute atomic E-state index is 12.6. The fraction of sp³-hybridized carbons (Fsp3) is 0.588. The molecule has 138 valence electrons. The van der Waals surface area contributed by atoms with Gasteiger partial charge in [-0.15, -0.1) is 0 Å². The number of hydrogen-bond donors (Lipinski definition) is 2. The predicted octanol–water partition coefficient (Wildman–Crippen LogP) is 1.36. The van der Waals surface area contributed by atoms with Gasteiger partial charge in [0.2, 0.25) is 15.9 Å². The van der Waals surface area contributed by atoms with Crippen LogP contribution in [0.2, 0.25) is 0 Å². The van der Waals surface area contributed by atoms with Crippen molar-refractivity contribution < 1.29 is 22.7 Å². The molecule has 0 spiro atoms. The largest absolute Gasteiger partial charge is 0.493 e. The van der Waals surface area contributed by atoms with E-state index >= 15 is 0 Å². The second-order valence-corrected chi connectivity index (χ2v) is 8.22. The smallest absolute Gasteiger partial charge is 0.241 e. The van der Waals surface area contributed by atoms with Crippen molar-refractivity contribution in [3.63, 3.8) is 0 Å². The summed E-state index contributed by atoms with van der Waals surface area (Å²) in [4.78, 5) is 12.7. The summed E-state index contributed by atoms with van der Waals surface area (Å²) < 4.78 is 38.0. The molecule has 3 rings (SSSR count). The van der Waals surface area contributed by atoms with Crippen molar-refractivity contribution in [1.29, 1.82) is 0 Å². The van der Waals surface area contributed by atoms with E-state index in [4.69, 9.17) is 9.47 Å². The average Bonchev–Trinajstić information content (AvgIpc) is 2.60. The zero-order valence-corrected chi connectivity index (χ0v) is 15.3. The molecule has 1 aliphatic heterocycles. The Bertz CT molecular complexity index is 757. The molecule has 1 fully saturated rings. The van der Waals surface area contributed by atoms with Crippen LogP contribution >= 0.6 is 0 Å². The number of carbonyl (C=O) groups excluding carboxylic acids is 1. The van der Waals surface area contributed by atoms with E-state index in [9.17, 15) is 13.2 Å². The van der Waals surface area contributed by atoms with Crippen LogP contribution in [0.25, 0.3) is 0 Å². The molecule has 1 aliphatic carbocycles. The van der Waals surface area contributed by atoms with Crippen LogP contribution in [-0.2, 0) is 21.2 Å². The normalized spacial score (nSPS) is 22.7. The predicted molar refractivity (Wildman–Crippen MR) is 92.4 cm³/mol. The first-order chi connectivity index (χ1) is 11.9. The van der Waals surface area contributed by atoms with Gasteiger partial charge < -0.3 is 14.8 Å². The summed E-state index contributed by atoms with van der Waals surface area (Å²) in [7, 11) is -0.836. The lowest BCUT2D eigenvalue weighted by atomic mass is 9.95. The van der Waals surface area contributed by atoms with Crippen molar-refractivity contribution in [3.8, 4) is 11.5 Å². The van der Waals surface area contributed by atoms with Crippen LogP contribution in [0.4, 0.5) is 0 Å². The van der Waals surface area contributed by atoms with Gasteiger partial charge in [0.1, 0.15) is 6.04 Å². The van der Waals surface area contributed by atoms with E-state index in [0.29, 0.717) is 17.1 Å². The Morgan fingerprint density at radius 2 is 1.76 bits per heavy atom. The molecular weight excluding hydrogens is 344 g/mol. The fourth-order valence-electron chi connectivity index (χ4n) is 3.52. The van der Waals surface area contributed by atoms with Crippen LogP contribution in [0.5, 0.6) is 11.5 Å². The topological polar surface area (TPSA) is 93.7 Å². The van der Waals surface area contributed by atoms with Crippen LogP contribution in [-0.4, -0.2) is 40.6 Å². The van der Waals surface area contributed by atoms with E-state index in [0.717, 1.165) is 25.7 Å². The van der Waals surface area contributed by atoms with Gasteiger partial charge in [0.25, 0.3) is 0 Å². The van der Waals surface area contributed by atoms with Crippen molar-refractivity contribution in [3.05, 3.63) is 17.7 Å². The van der Waals surface area contributed by atoms with Crippen LogP contribution < -0.4 is 19.5 Å². The van der Waals surface area contributed by atoms with E-state index in [1.54, 1.807) is 6.07 Å². The molecule has 1 saturated carbocycles. The molecule has 8 heteroatoms. The van der Waals surface area contributed by atoms with E-state index < -0.39 is 16.1 Å². The van der Waals surface area contributed by atoms with Crippen molar-refractivity contribution in [2.45, 2.75) is 55.5 Å². The summed E-state index contributed by atoms with van der Waals surface area (Å²) >= 11 is 0. The molecule has 2 aliphatic rings. The molecule has 0 saturated heterocycles. The first-order valence-electron chi connectivity index (χ1n) is 8.52. The highest BCUT2D eigenvalue weighted by Crippen LogP contribution is 2.35. The minimum absolute atomic E-state index is 0.131. The van der Waals surface area contributed by atoms with Gasteiger partial charge in [0.05, 0.1) is 19.1 Å². The summed E-state index contributed by atoms with van der Waals surface area (Å²) in [6, 6.07) is 2.40. The number of amides is 1. The Balaban J connectivity index is 1.83. The standard InChI is InChI=1S/C17H24N2O5S/c1-23-14-9-11-8-13(17(20)18-12-6-4-3-5-7-12)19-25(21,22)16(11)10-15(14)24-2/h9-10,12-13,19H,3-8H2,1-2H3,(H,18,20).